The van der Waals surface area contributed by atoms with Crippen LogP contribution in [0.2, 0.25) is 0 Å². The minimum absolute atomic E-state index is 0.0692. The van der Waals surface area contributed by atoms with E-state index in [0.717, 1.165) is 45.8 Å². The van der Waals surface area contributed by atoms with Gasteiger partial charge in [0.1, 0.15) is 5.75 Å². The molecule has 0 aliphatic rings. The molecule has 1 aromatic carbocycles. The third-order valence-corrected chi connectivity index (χ3v) is 6.52. The Labute approximate surface area is 183 Å². The standard InChI is InChI=1S/C15H16F3N5O5S3/c1-23(31(2,26)27)7-11(24)20-13-21-22-14(30-13)29-8-12(25)19-9-3-5-10(6-4-9)28-15(16,17)18/h3-6H,7-8H2,1-2H3,(H,19,25)(H,20,21,24). The highest BCUT2D eigenvalue weighted by molar-refractivity contribution is 8.01. The molecule has 2 amide bonds. The zero-order chi connectivity index (χ0) is 23.2. The molecule has 2 rings (SSSR count). The van der Waals surface area contributed by atoms with Gasteiger partial charge in [0.15, 0.2) is 4.34 Å². The maximum absolute atomic E-state index is 12.1. The molecule has 2 N–H and O–H groups in total. The normalized spacial score (nSPS) is 11.9. The SMILES string of the molecule is CN(CC(=O)Nc1nnc(SCC(=O)Nc2ccc(OC(F)(F)F)cc2)s1)S(C)(=O)=O. The molecular formula is C15H16F3N5O5S3. The zero-order valence-corrected chi connectivity index (χ0v) is 18.4. The van der Waals surface area contributed by atoms with Gasteiger partial charge < -0.3 is 10.1 Å². The van der Waals surface area contributed by atoms with E-state index in [1.165, 1.54) is 19.2 Å². The summed E-state index contributed by atoms with van der Waals surface area (Å²) < 4.78 is 64.0. The molecule has 0 radical (unpaired) electrons. The number of nitrogens with zero attached hydrogens (tertiary/aromatic N) is 3. The summed E-state index contributed by atoms with van der Waals surface area (Å²) in [5.41, 5.74) is 0.278. The first-order chi connectivity index (χ1) is 14.3. The van der Waals surface area contributed by atoms with Gasteiger partial charge in [-0.1, -0.05) is 23.1 Å². The number of benzene rings is 1. The highest BCUT2D eigenvalue weighted by Crippen LogP contribution is 2.26. The predicted octanol–water partition coefficient (Wildman–Crippen LogP) is 2.00. The van der Waals surface area contributed by atoms with Crippen molar-refractivity contribution in [3.05, 3.63) is 24.3 Å². The van der Waals surface area contributed by atoms with Crippen molar-refractivity contribution < 1.29 is 35.9 Å². The molecule has 0 bridgehead atoms. The zero-order valence-electron chi connectivity index (χ0n) is 16.0. The molecule has 1 heterocycles. The van der Waals surface area contributed by atoms with Gasteiger partial charge in [0.05, 0.1) is 18.6 Å². The fraction of sp³-hybridized carbons (Fsp3) is 0.333. The lowest BCUT2D eigenvalue weighted by molar-refractivity contribution is -0.274. The van der Waals surface area contributed by atoms with Crippen LogP contribution >= 0.6 is 23.1 Å². The van der Waals surface area contributed by atoms with Gasteiger partial charge in [-0.15, -0.1) is 23.4 Å². The number of carbonyl (C=O) groups is 2. The van der Waals surface area contributed by atoms with E-state index in [1.807, 2.05) is 0 Å². The summed E-state index contributed by atoms with van der Waals surface area (Å²) in [6.45, 7) is -0.393. The lowest BCUT2D eigenvalue weighted by Crippen LogP contribution is -2.34. The van der Waals surface area contributed by atoms with Crippen LogP contribution < -0.4 is 15.4 Å². The number of ether oxygens (including phenoxy) is 1. The Balaban J connectivity index is 1.80. The smallest absolute Gasteiger partial charge is 0.406 e. The van der Waals surface area contributed by atoms with E-state index < -0.39 is 40.5 Å². The number of alkyl halides is 3. The molecule has 170 valence electrons. The predicted molar refractivity (Wildman–Crippen MR) is 108 cm³/mol. The number of likely N-dealkylation sites (N-methyl/N-ethyl adjacent to an activating group) is 1. The van der Waals surface area contributed by atoms with Gasteiger partial charge in [-0.05, 0) is 24.3 Å². The first kappa shape index (κ1) is 24.8. The third-order valence-electron chi connectivity index (χ3n) is 3.28. The molecule has 2 aromatic rings. The van der Waals surface area contributed by atoms with Crippen LogP contribution in [0.15, 0.2) is 28.6 Å². The number of hydrogen-bond acceptors (Lipinski definition) is 9. The largest absolute Gasteiger partial charge is 0.573 e. The van der Waals surface area contributed by atoms with Crippen LogP contribution in [-0.2, 0) is 19.6 Å². The molecule has 0 aliphatic carbocycles. The summed E-state index contributed by atoms with van der Waals surface area (Å²) in [5.74, 6) is -1.52. The maximum Gasteiger partial charge on any atom is 0.573 e. The molecule has 10 nitrogen and oxygen atoms in total. The summed E-state index contributed by atoms with van der Waals surface area (Å²) in [7, 11) is -2.25. The van der Waals surface area contributed by atoms with Gasteiger partial charge in [0.2, 0.25) is 27.0 Å². The Kier molecular flexibility index (Phi) is 8.21. The first-order valence-corrected chi connectivity index (χ1v) is 11.8. The number of aromatic nitrogens is 2. The fourth-order valence-electron chi connectivity index (χ4n) is 1.86. The van der Waals surface area contributed by atoms with Crippen LogP contribution in [0.25, 0.3) is 0 Å². The van der Waals surface area contributed by atoms with E-state index in [2.05, 4.69) is 25.6 Å². The lowest BCUT2D eigenvalue weighted by atomic mass is 10.3. The van der Waals surface area contributed by atoms with Crippen molar-refractivity contribution in [3.63, 3.8) is 0 Å². The van der Waals surface area contributed by atoms with Crippen molar-refractivity contribution in [1.82, 2.24) is 14.5 Å². The number of rotatable bonds is 9. The second-order valence-electron chi connectivity index (χ2n) is 5.85. The summed E-state index contributed by atoms with van der Waals surface area (Å²) in [6, 6.07) is 4.65. The molecule has 0 spiro atoms. The molecule has 0 saturated carbocycles. The van der Waals surface area contributed by atoms with E-state index in [0.29, 0.717) is 4.34 Å². The number of carbonyl (C=O) groups excluding carboxylic acids is 2. The van der Waals surface area contributed by atoms with Gasteiger partial charge in [-0.25, -0.2) is 8.42 Å². The number of anilines is 2. The molecule has 0 unspecified atom stereocenters. The molecule has 16 heteroatoms. The van der Waals surface area contributed by atoms with Crippen LogP contribution in [0.3, 0.4) is 0 Å². The summed E-state index contributed by atoms with van der Waals surface area (Å²) in [5, 5.41) is 12.6. The van der Waals surface area contributed by atoms with Crippen molar-refractivity contribution in [2.75, 3.05) is 36.2 Å². The highest BCUT2D eigenvalue weighted by atomic mass is 32.2. The summed E-state index contributed by atoms with van der Waals surface area (Å²) in [4.78, 5) is 23.8. The molecule has 0 saturated heterocycles. The Morgan fingerprint density at radius 1 is 1.16 bits per heavy atom. The molecule has 0 aliphatic heterocycles. The fourth-order valence-corrected chi connectivity index (χ4v) is 3.78. The Morgan fingerprint density at radius 2 is 1.81 bits per heavy atom. The van der Waals surface area contributed by atoms with Crippen LogP contribution in [-0.4, -0.2) is 66.7 Å². The lowest BCUT2D eigenvalue weighted by Gasteiger charge is -2.12. The van der Waals surface area contributed by atoms with Gasteiger partial charge in [0.25, 0.3) is 0 Å². The monoisotopic (exact) mass is 499 g/mol. The van der Waals surface area contributed by atoms with Crippen molar-refractivity contribution in [2.45, 2.75) is 10.7 Å². The van der Waals surface area contributed by atoms with Crippen LogP contribution in [0.5, 0.6) is 5.75 Å². The highest BCUT2D eigenvalue weighted by Gasteiger charge is 2.31. The number of hydrogen-bond donors (Lipinski definition) is 2. The number of nitrogens with one attached hydrogen (secondary N) is 2. The van der Waals surface area contributed by atoms with Gasteiger partial charge in [0, 0.05) is 12.7 Å². The second-order valence-corrected chi connectivity index (χ2v) is 10.1. The molecule has 0 fully saturated rings. The van der Waals surface area contributed by atoms with Crippen molar-refractivity contribution in [2.24, 2.45) is 0 Å². The molecule has 0 atom stereocenters. The summed E-state index contributed by atoms with van der Waals surface area (Å²) >= 11 is 2.02. The van der Waals surface area contributed by atoms with E-state index in [-0.39, 0.29) is 16.6 Å². The van der Waals surface area contributed by atoms with E-state index in [4.69, 9.17) is 0 Å². The van der Waals surface area contributed by atoms with Crippen LogP contribution in [0.1, 0.15) is 0 Å². The molecule has 31 heavy (non-hydrogen) atoms. The van der Waals surface area contributed by atoms with Crippen LogP contribution in [0.4, 0.5) is 24.0 Å². The van der Waals surface area contributed by atoms with Crippen LogP contribution in [0, 0.1) is 0 Å². The van der Waals surface area contributed by atoms with E-state index in [1.54, 1.807) is 0 Å². The molecular weight excluding hydrogens is 483 g/mol. The third kappa shape index (κ3) is 9.07. The average molecular weight is 500 g/mol. The average Bonchev–Trinajstić information content (AvgIpc) is 3.07. The second kappa shape index (κ2) is 10.3. The number of halogens is 3. The minimum Gasteiger partial charge on any atom is -0.406 e. The van der Waals surface area contributed by atoms with Crippen molar-refractivity contribution in [1.29, 1.82) is 0 Å². The van der Waals surface area contributed by atoms with Gasteiger partial charge >= 0.3 is 6.36 Å². The van der Waals surface area contributed by atoms with Gasteiger partial charge in [-0.3, -0.25) is 14.9 Å². The first-order valence-electron chi connectivity index (χ1n) is 8.15. The number of sulfonamides is 1. The Hall–Kier alpha value is -2.43. The maximum atomic E-state index is 12.1. The minimum atomic E-state index is -4.80. The van der Waals surface area contributed by atoms with E-state index in [9.17, 15) is 31.2 Å². The topological polar surface area (TPSA) is 131 Å². The summed E-state index contributed by atoms with van der Waals surface area (Å²) in [6.07, 6.45) is -3.83. The van der Waals surface area contributed by atoms with Gasteiger partial charge in [-0.2, -0.15) is 4.31 Å². The molecule has 1 aromatic heterocycles. The van der Waals surface area contributed by atoms with E-state index >= 15 is 0 Å². The van der Waals surface area contributed by atoms with Crippen molar-refractivity contribution in [3.8, 4) is 5.75 Å². The number of thioether (sulfide) groups is 1. The Morgan fingerprint density at radius 3 is 2.39 bits per heavy atom. The Bertz CT molecular complexity index is 1030. The number of amides is 2. The van der Waals surface area contributed by atoms with Crippen molar-refractivity contribution >= 4 is 55.8 Å². The quantitative estimate of drug-likeness (QED) is 0.396.